The van der Waals surface area contributed by atoms with E-state index in [1.165, 1.54) is 38.3 Å². The minimum Gasteiger partial charge on any atom is -0.464 e. The number of halogens is 1. The maximum absolute atomic E-state index is 12.9. The van der Waals surface area contributed by atoms with Crippen LogP contribution in [-0.4, -0.2) is 19.0 Å². The number of ether oxygens (including phenoxy) is 1. The summed E-state index contributed by atoms with van der Waals surface area (Å²) in [6.07, 6.45) is 1.34. The Morgan fingerprint density at radius 2 is 2.12 bits per heavy atom. The molecule has 17 heavy (non-hydrogen) atoms. The average molecular weight is 237 g/mol. The lowest BCUT2D eigenvalue weighted by atomic mass is 10.2. The van der Waals surface area contributed by atoms with E-state index in [0.29, 0.717) is 5.56 Å². The van der Waals surface area contributed by atoms with E-state index in [0.717, 1.165) is 0 Å². The van der Waals surface area contributed by atoms with Gasteiger partial charge in [-0.05, 0) is 23.8 Å². The van der Waals surface area contributed by atoms with Crippen LogP contribution >= 0.6 is 0 Å². The van der Waals surface area contributed by atoms with E-state index in [-0.39, 0.29) is 5.70 Å². The first-order valence-corrected chi connectivity index (χ1v) is 4.86. The van der Waals surface area contributed by atoms with Gasteiger partial charge in [0, 0.05) is 6.92 Å². The lowest BCUT2D eigenvalue weighted by molar-refractivity contribution is -0.137. The van der Waals surface area contributed by atoms with Crippen molar-refractivity contribution in [2.45, 2.75) is 6.92 Å². The van der Waals surface area contributed by atoms with Crippen molar-refractivity contribution in [3.8, 4) is 0 Å². The zero-order valence-electron chi connectivity index (χ0n) is 9.49. The first-order valence-electron chi connectivity index (χ1n) is 4.86. The third kappa shape index (κ3) is 4.06. The molecule has 90 valence electrons. The van der Waals surface area contributed by atoms with E-state index in [4.69, 9.17) is 0 Å². The highest BCUT2D eigenvalue weighted by molar-refractivity contribution is 5.97. The molecule has 4 nitrogen and oxygen atoms in total. The quantitative estimate of drug-likeness (QED) is 0.640. The van der Waals surface area contributed by atoms with Gasteiger partial charge in [0.2, 0.25) is 5.91 Å². The molecule has 0 unspecified atom stereocenters. The maximum Gasteiger partial charge on any atom is 0.354 e. The Hall–Kier alpha value is -2.17. The first kappa shape index (κ1) is 12.9. The second-order valence-electron chi connectivity index (χ2n) is 3.29. The minimum absolute atomic E-state index is 0.0365. The van der Waals surface area contributed by atoms with Crippen LogP contribution in [0.4, 0.5) is 4.39 Å². The Labute approximate surface area is 98.1 Å². The second-order valence-corrected chi connectivity index (χ2v) is 3.29. The van der Waals surface area contributed by atoms with Gasteiger partial charge in [0.15, 0.2) is 0 Å². The lowest BCUT2D eigenvalue weighted by Gasteiger charge is -2.05. The van der Waals surface area contributed by atoms with Crippen molar-refractivity contribution in [3.05, 3.63) is 41.3 Å². The molecule has 1 N–H and O–H groups in total. The number of carbonyl (C=O) groups excluding carboxylic acids is 2. The van der Waals surface area contributed by atoms with Gasteiger partial charge in [-0.2, -0.15) is 0 Å². The van der Waals surface area contributed by atoms with Crippen molar-refractivity contribution in [1.29, 1.82) is 0 Å². The Morgan fingerprint density at radius 3 is 2.65 bits per heavy atom. The predicted molar refractivity (Wildman–Crippen MR) is 60.2 cm³/mol. The molecule has 0 atom stereocenters. The fourth-order valence-electron chi connectivity index (χ4n) is 1.21. The molecule has 0 bridgehead atoms. The summed E-state index contributed by atoms with van der Waals surface area (Å²) in [6, 6.07) is 5.63. The molecule has 0 fully saturated rings. The highest BCUT2D eigenvalue weighted by Crippen LogP contribution is 2.08. The fraction of sp³-hybridized carbons (Fsp3) is 0.167. The molecule has 1 rings (SSSR count). The Morgan fingerprint density at radius 1 is 1.41 bits per heavy atom. The van der Waals surface area contributed by atoms with Gasteiger partial charge in [-0.25, -0.2) is 9.18 Å². The van der Waals surface area contributed by atoms with Crippen LogP contribution in [0.1, 0.15) is 12.5 Å². The van der Waals surface area contributed by atoms with Gasteiger partial charge >= 0.3 is 5.97 Å². The smallest absolute Gasteiger partial charge is 0.354 e. The normalized spacial score (nSPS) is 10.9. The largest absolute Gasteiger partial charge is 0.464 e. The summed E-state index contributed by atoms with van der Waals surface area (Å²) >= 11 is 0. The van der Waals surface area contributed by atoms with Crippen molar-refractivity contribution < 1.29 is 18.7 Å². The minimum atomic E-state index is -0.690. The van der Waals surface area contributed by atoms with Crippen LogP contribution in [0.5, 0.6) is 0 Å². The van der Waals surface area contributed by atoms with Crippen molar-refractivity contribution in [2.75, 3.05) is 7.11 Å². The predicted octanol–water partition coefficient (Wildman–Crippen LogP) is 1.48. The number of carbonyl (C=O) groups is 2. The summed E-state index contributed by atoms with van der Waals surface area (Å²) in [5.41, 5.74) is 0.421. The van der Waals surface area contributed by atoms with Gasteiger partial charge in [-0.1, -0.05) is 12.1 Å². The van der Waals surface area contributed by atoms with Crippen LogP contribution < -0.4 is 5.32 Å². The van der Waals surface area contributed by atoms with Gasteiger partial charge in [-0.3, -0.25) is 4.79 Å². The number of amides is 1. The van der Waals surface area contributed by atoms with Crippen LogP contribution in [0.25, 0.3) is 6.08 Å². The molecule has 0 radical (unpaired) electrons. The molecule has 0 heterocycles. The summed E-state index contributed by atoms with van der Waals surface area (Å²) in [4.78, 5) is 22.2. The molecule has 1 amide bonds. The lowest BCUT2D eigenvalue weighted by Crippen LogP contribution is -2.25. The molecular formula is C12H12FNO3. The van der Waals surface area contributed by atoms with E-state index < -0.39 is 17.7 Å². The van der Waals surface area contributed by atoms with Crippen LogP contribution in [-0.2, 0) is 14.3 Å². The third-order valence-electron chi connectivity index (χ3n) is 1.88. The van der Waals surface area contributed by atoms with Gasteiger partial charge in [0.05, 0.1) is 7.11 Å². The number of hydrogen-bond donors (Lipinski definition) is 1. The molecule has 1 aromatic carbocycles. The van der Waals surface area contributed by atoms with Crippen molar-refractivity contribution >= 4 is 18.0 Å². The molecule has 0 saturated carbocycles. The summed E-state index contributed by atoms with van der Waals surface area (Å²) in [5.74, 6) is -1.52. The molecule has 0 saturated heterocycles. The second kappa shape index (κ2) is 5.79. The Kier molecular flexibility index (Phi) is 4.39. The summed E-state index contributed by atoms with van der Waals surface area (Å²) in [6.45, 7) is 1.27. The van der Waals surface area contributed by atoms with Crippen LogP contribution in [0.2, 0.25) is 0 Å². The molecule has 0 spiro atoms. The Bertz CT molecular complexity index is 469. The van der Waals surface area contributed by atoms with E-state index in [2.05, 4.69) is 10.1 Å². The number of rotatable bonds is 3. The molecule has 0 aliphatic heterocycles. The van der Waals surface area contributed by atoms with Crippen LogP contribution in [0.15, 0.2) is 30.0 Å². The number of esters is 1. The van der Waals surface area contributed by atoms with E-state index >= 15 is 0 Å². The van der Waals surface area contributed by atoms with E-state index in [9.17, 15) is 14.0 Å². The van der Waals surface area contributed by atoms with Gasteiger partial charge < -0.3 is 10.1 Å². The van der Waals surface area contributed by atoms with Crippen LogP contribution in [0.3, 0.4) is 0 Å². The Balaban J connectivity index is 3.04. The van der Waals surface area contributed by atoms with Crippen LogP contribution in [0, 0.1) is 5.82 Å². The molecule has 0 aromatic heterocycles. The first-order chi connectivity index (χ1) is 8.02. The van der Waals surface area contributed by atoms with Gasteiger partial charge in [-0.15, -0.1) is 0 Å². The molecule has 5 heteroatoms. The van der Waals surface area contributed by atoms with Crippen molar-refractivity contribution in [1.82, 2.24) is 5.32 Å². The molecule has 0 aliphatic carbocycles. The highest BCUT2D eigenvalue weighted by Gasteiger charge is 2.11. The molecule has 1 aromatic rings. The van der Waals surface area contributed by atoms with E-state index in [1.54, 1.807) is 6.07 Å². The molecular weight excluding hydrogens is 225 g/mol. The number of benzene rings is 1. The zero-order chi connectivity index (χ0) is 12.8. The monoisotopic (exact) mass is 237 g/mol. The standard InChI is InChI=1S/C12H12FNO3/c1-8(15)14-11(12(16)17-2)7-9-4-3-5-10(13)6-9/h3-7H,1-2H3,(H,14,15). The molecule has 0 aliphatic rings. The highest BCUT2D eigenvalue weighted by atomic mass is 19.1. The van der Waals surface area contributed by atoms with Gasteiger partial charge in [0.25, 0.3) is 0 Å². The van der Waals surface area contributed by atoms with E-state index in [1.807, 2.05) is 0 Å². The number of nitrogens with one attached hydrogen (secondary N) is 1. The maximum atomic E-state index is 12.9. The number of methoxy groups -OCH3 is 1. The van der Waals surface area contributed by atoms with Crippen molar-refractivity contribution in [2.24, 2.45) is 0 Å². The summed E-state index contributed by atoms with van der Waals surface area (Å²) in [7, 11) is 1.20. The van der Waals surface area contributed by atoms with Gasteiger partial charge in [0.1, 0.15) is 11.5 Å². The zero-order valence-corrected chi connectivity index (χ0v) is 9.49. The van der Waals surface area contributed by atoms with Crippen molar-refractivity contribution in [3.63, 3.8) is 0 Å². The third-order valence-corrected chi connectivity index (χ3v) is 1.88. The summed E-state index contributed by atoms with van der Waals surface area (Å²) in [5, 5.41) is 2.32. The number of hydrogen-bond acceptors (Lipinski definition) is 3. The topological polar surface area (TPSA) is 55.4 Å². The fourth-order valence-corrected chi connectivity index (χ4v) is 1.21. The average Bonchev–Trinajstić information content (AvgIpc) is 2.26. The SMILES string of the molecule is COC(=O)C(=Cc1cccc(F)c1)NC(C)=O. The summed E-state index contributed by atoms with van der Waals surface area (Å²) < 4.78 is 17.4.